The second-order valence-corrected chi connectivity index (χ2v) is 7.25. The molecule has 2 aromatic rings. The van der Waals surface area contributed by atoms with Gasteiger partial charge in [-0.25, -0.2) is 0 Å². The van der Waals surface area contributed by atoms with Gasteiger partial charge in [0.1, 0.15) is 5.75 Å². The zero-order valence-electron chi connectivity index (χ0n) is 15.4. The molecule has 140 valence electrons. The summed E-state index contributed by atoms with van der Waals surface area (Å²) in [7, 11) is 0. The fourth-order valence-electron chi connectivity index (χ4n) is 3.81. The van der Waals surface area contributed by atoms with E-state index in [2.05, 4.69) is 28.5 Å². The van der Waals surface area contributed by atoms with Crippen molar-refractivity contribution in [1.29, 1.82) is 0 Å². The lowest BCUT2D eigenvalue weighted by atomic mass is 10.0. The Balaban J connectivity index is 1.26. The van der Waals surface area contributed by atoms with Crippen molar-refractivity contribution in [3.8, 4) is 5.75 Å². The first-order valence-corrected chi connectivity index (χ1v) is 9.43. The van der Waals surface area contributed by atoms with Gasteiger partial charge in [0.15, 0.2) is 0 Å². The number of likely N-dealkylation sites (tertiary alicyclic amines) is 1. The monoisotopic (exact) mass is 363 g/mol. The van der Waals surface area contributed by atoms with Gasteiger partial charge in [0.05, 0.1) is 0 Å². The quantitative estimate of drug-likeness (QED) is 0.907. The van der Waals surface area contributed by atoms with E-state index in [0.29, 0.717) is 11.6 Å². The van der Waals surface area contributed by atoms with Gasteiger partial charge in [-0.15, -0.1) is 0 Å². The third-order valence-corrected chi connectivity index (χ3v) is 5.58. The molecule has 2 fully saturated rings. The molecule has 0 spiro atoms. The van der Waals surface area contributed by atoms with Gasteiger partial charge < -0.3 is 14.9 Å². The Labute approximate surface area is 160 Å². The second kappa shape index (κ2) is 7.45. The van der Waals surface area contributed by atoms with Crippen LogP contribution in [-0.4, -0.2) is 71.0 Å². The summed E-state index contributed by atoms with van der Waals surface area (Å²) >= 11 is 0. The first-order valence-electron chi connectivity index (χ1n) is 9.43. The summed E-state index contributed by atoms with van der Waals surface area (Å²) in [5, 5.41) is 9.35. The zero-order chi connectivity index (χ0) is 18.8. The van der Waals surface area contributed by atoms with Crippen molar-refractivity contribution in [3.05, 3.63) is 72.3 Å². The molecule has 0 radical (unpaired) electrons. The van der Waals surface area contributed by atoms with E-state index in [1.807, 2.05) is 23.1 Å². The minimum atomic E-state index is 0.0438. The van der Waals surface area contributed by atoms with Gasteiger partial charge in [0.2, 0.25) is 0 Å². The minimum Gasteiger partial charge on any atom is -0.508 e. The molecule has 0 aliphatic carbocycles. The summed E-state index contributed by atoms with van der Waals surface area (Å²) in [6, 6.07) is 17.2. The van der Waals surface area contributed by atoms with E-state index in [4.69, 9.17) is 0 Å². The molecule has 1 amide bonds. The standard InChI is InChI=1S/C22H25N3O2/c1-17(18-5-3-2-4-6-18)23-11-13-24(14-12-23)20-15-25(16-20)22(27)19-7-9-21(26)10-8-19/h2-10,20,26H,1,11-16H2. The topological polar surface area (TPSA) is 47.0 Å². The number of piperazine rings is 1. The lowest BCUT2D eigenvalue weighted by Crippen LogP contribution is -2.64. The number of rotatable bonds is 4. The van der Waals surface area contributed by atoms with Gasteiger partial charge in [-0.05, 0) is 29.8 Å². The van der Waals surface area contributed by atoms with E-state index >= 15 is 0 Å². The third kappa shape index (κ3) is 3.69. The summed E-state index contributed by atoms with van der Waals surface area (Å²) in [6.45, 7) is 9.75. The second-order valence-electron chi connectivity index (χ2n) is 7.25. The van der Waals surface area contributed by atoms with Gasteiger partial charge in [-0.1, -0.05) is 36.9 Å². The van der Waals surface area contributed by atoms with Crippen molar-refractivity contribution >= 4 is 11.6 Å². The molecule has 0 aromatic heterocycles. The molecule has 5 heteroatoms. The largest absolute Gasteiger partial charge is 0.508 e. The zero-order valence-corrected chi connectivity index (χ0v) is 15.4. The fraction of sp³-hybridized carbons (Fsp3) is 0.318. The Morgan fingerprint density at radius 1 is 0.852 bits per heavy atom. The van der Waals surface area contributed by atoms with Crippen LogP contribution in [0.25, 0.3) is 5.70 Å². The maximum Gasteiger partial charge on any atom is 0.253 e. The summed E-state index contributed by atoms with van der Waals surface area (Å²) in [4.78, 5) is 19.2. The van der Waals surface area contributed by atoms with Crippen molar-refractivity contribution in [2.45, 2.75) is 6.04 Å². The highest BCUT2D eigenvalue weighted by molar-refractivity contribution is 5.94. The van der Waals surface area contributed by atoms with E-state index in [0.717, 1.165) is 45.0 Å². The lowest BCUT2D eigenvalue weighted by molar-refractivity contribution is 0.0144. The number of aromatic hydroxyl groups is 1. The fourth-order valence-corrected chi connectivity index (χ4v) is 3.81. The SMILES string of the molecule is C=C(c1ccccc1)N1CCN(C2CN(C(=O)c3ccc(O)cc3)C2)CC1. The van der Waals surface area contributed by atoms with Crippen molar-refractivity contribution < 1.29 is 9.90 Å². The molecule has 1 N–H and O–H groups in total. The molecule has 2 aromatic carbocycles. The minimum absolute atomic E-state index is 0.0438. The number of hydrogen-bond donors (Lipinski definition) is 1. The maximum atomic E-state index is 12.5. The number of phenols is 1. The summed E-state index contributed by atoms with van der Waals surface area (Å²) in [6.07, 6.45) is 0. The molecule has 2 aliphatic heterocycles. The van der Waals surface area contributed by atoms with Gasteiger partial charge >= 0.3 is 0 Å². The Morgan fingerprint density at radius 2 is 1.48 bits per heavy atom. The molecule has 2 heterocycles. The Hall–Kier alpha value is -2.79. The van der Waals surface area contributed by atoms with Crippen molar-refractivity contribution in [2.24, 2.45) is 0 Å². The Kier molecular flexibility index (Phi) is 4.86. The van der Waals surface area contributed by atoms with Gasteiger partial charge in [0.25, 0.3) is 5.91 Å². The first-order chi connectivity index (χ1) is 13.1. The summed E-state index contributed by atoms with van der Waals surface area (Å²) in [5.41, 5.74) is 2.91. The van der Waals surface area contributed by atoms with Crippen LogP contribution in [0, 0.1) is 0 Å². The van der Waals surface area contributed by atoms with Crippen LogP contribution in [0.2, 0.25) is 0 Å². The molecular weight excluding hydrogens is 338 g/mol. The molecule has 0 bridgehead atoms. The van der Waals surface area contributed by atoms with Crippen LogP contribution in [-0.2, 0) is 0 Å². The molecule has 4 rings (SSSR count). The predicted molar refractivity (Wildman–Crippen MR) is 106 cm³/mol. The molecule has 0 atom stereocenters. The number of benzene rings is 2. The van der Waals surface area contributed by atoms with Crippen LogP contribution in [0.4, 0.5) is 0 Å². The Bertz CT molecular complexity index is 805. The first kappa shape index (κ1) is 17.6. The average Bonchev–Trinajstić information content (AvgIpc) is 2.68. The molecule has 27 heavy (non-hydrogen) atoms. The van der Waals surface area contributed by atoms with Crippen molar-refractivity contribution in [1.82, 2.24) is 14.7 Å². The number of nitrogens with zero attached hydrogens (tertiary/aromatic N) is 3. The highest BCUT2D eigenvalue weighted by atomic mass is 16.3. The van der Waals surface area contributed by atoms with Gasteiger partial charge in [-0.2, -0.15) is 0 Å². The summed E-state index contributed by atoms with van der Waals surface area (Å²) in [5.74, 6) is 0.227. The normalized spacial score (nSPS) is 18.2. The lowest BCUT2D eigenvalue weighted by Gasteiger charge is -2.48. The highest BCUT2D eigenvalue weighted by Gasteiger charge is 2.36. The molecular formula is C22H25N3O2. The average molecular weight is 363 g/mol. The van der Waals surface area contributed by atoms with Crippen LogP contribution < -0.4 is 0 Å². The van der Waals surface area contributed by atoms with Gasteiger partial charge in [0, 0.05) is 56.6 Å². The predicted octanol–water partition coefficient (Wildman–Crippen LogP) is 2.51. The van der Waals surface area contributed by atoms with Gasteiger partial charge in [-0.3, -0.25) is 9.69 Å². The van der Waals surface area contributed by atoms with E-state index < -0.39 is 0 Å². The number of carbonyl (C=O) groups is 1. The maximum absolute atomic E-state index is 12.5. The van der Waals surface area contributed by atoms with E-state index in [1.54, 1.807) is 24.3 Å². The summed E-state index contributed by atoms with van der Waals surface area (Å²) < 4.78 is 0. The Morgan fingerprint density at radius 3 is 2.11 bits per heavy atom. The number of hydrogen-bond acceptors (Lipinski definition) is 4. The van der Waals surface area contributed by atoms with Crippen molar-refractivity contribution in [2.75, 3.05) is 39.3 Å². The van der Waals surface area contributed by atoms with E-state index in [-0.39, 0.29) is 11.7 Å². The van der Waals surface area contributed by atoms with E-state index in [9.17, 15) is 9.90 Å². The highest BCUT2D eigenvalue weighted by Crippen LogP contribution is 2.23. The molecule has 0 unspecified atom stereocenters. The number of carbonyl (C=O) groups excluding carboxylic acids is 1. The van der Waals surface area contributed by atoms with Crippen molar-refractivity contribution in [3.63, 3.8) is 0 Å². The van der Waals surface area contributed by atoms with Crippen LogP contribution >= 0.6 is 0 Å². The smallest absolute Gasteiger partial charge is 0.253 e. The van der Waals surface area contributed by atoms with Crippen LogP contribution in [0.3, 0.4) is 0 Å². The van der Waals surface area contributed by atoms with Crippen LogP contribution in [0.15, 0.2) is 61.2 Å². The van der Waals surface area contributed by atoms with E-state index in [1.165, 1.54) is 5.56 Å². The molecule has 5 nitrogen and oxygen atoms in total. The molecule has 2 saturated heterocycles. The van der Waals surface area contributed by atoms with Crippen LogP contribution in [0.5, 0.6) is 5.75 Å². The molecule has 0 saturated carbocycles. The number of amides is 1. The molecule has 2 aliphatic rings. The van der Waals surface area contributed by atoms with Crippen LogP contribution in [0.1, 0.15) is 15.9 Å². The number of phenolic OH excluding ortho intramolecular Hbond substituents is 1. The third-order valence-electron chi connectivity index (χ3n) is 5.58.